The van der Waals surface area contributed by atoms with Gasteiger partial charge in [-0.3, -0.25) is 14.9 Å². The van der Waals surface area contributed by atoms with E-state index in [4.69, 9.17) is 4.74 Å². The van der Waals surface area contributed by atoms with Gasteiger partial charge in [0.1, 0.15) is 6.61 Å². The SMILES string of the molecule is O=C(OCc1cnccn1)N1C=c2scnc2=CC1. The van der Waals surface area contributed by atoms with Gasteiger partial charge in [0.2, 0.25) is 0 Å². The molecule has 0 fully saturated rings. The summed E-state index contributed by atoms with van der Waals surface area (Å²) in [4.78, 5) is 25.5. The third-order valence-corrected chi connectivity index (χ3v) is 3.35. The first-order chi connectivity index (χ1) is 9.33. The predicted molar refractivity (Wildman–Crippen MR) is 69.2 cm³/mol. The van der Waals surface area contributed by atoms with Crippen LogP contribution in [0.4, 0.5) is 4.79 Å². The van der Waals surface area contributed by atoms with E-state index < -0.39 is 6.09 Å². The van der Waals surface area contributed by atoms with Crippen LogP contribution in [0.5, 0.6) is 0 Å². The summed E-state index contributed by atoms with van der Waals surface area (Å²) in [6.07, 6.45) is 7.96. The zero-order valence-electron chi connectivity index (χ0n) is 9.89. The van der Waals surface area contributed by atoms with E-state index in [2.05, 4.69) is 15.0 Å². The predicted octanol–water partition coefficient (Wildman–Crippen LogP) is 0.104. The van der Waals surface area contributed by atoms with Crippen LogP contribution in [0.3, 0.4) is 0 Å². The number of hydrogen-bond donors (Lipinski definition) is 0. The van der Waals surface area contributed by atoms with Crippen LogP contribution in [0, 0.1) is 0 Å². The Morgan fingerprint density at radius 3 is 3.21 bits per heavy atom. The molecular formula is C12H10N4O2S. The number of nitrogens with zero attached hydrogens (tertiary/aromatic N) is 4. The quantitative estimate of drug-likeness (QED) is 0.777. The molecule has 0 bridgehead atoms. The minimum Gasteiger partial charge on any atom is -0.443 e. The molecule has 0 saturated heterocycles. The van der Waals surface area contributed by atoms with Crippen LogP contribution in [0.2, 0.25) is 0 Å². The number of ether oxygens (including phenoxy) is 1. The Kier molecular flexibility index (Phi) is 3.20. The van der Waals surface area contributed by atoms with Crippen molar-refractivity contribution in [2.75, 3.05) is 6.54 Å². The molecule has 1 amide bonds. The van der Waals surface area contributed by atoms with E-state index >= 15 is 0 Å². The van der Waals surface area contributed by atoms with E-state index in [0.29, 0.717) is 12.2 Å². The standard InChI is InChI=1S/C12H10N4O2S/c17-12(18-7-9-5-13-2-3-14-9)16-4-1-10-11(6-16)19-8-15-10/h1-3,5-6,8H,4,7H2. The van der Waals surface area contributed by atoms with Gasteiger partial charge in [0.05, 0.1) is 27.3 Å². The molecule has 0 saturated carbocycles. The largest absolute Gasteiger partial charge is 0.443 e. The molecule has 1 aliphatic rings. The van der Waals surface area contributed by atoms with E-state index in [-0.39, 0.29) is 6.61 Å². The Hall–Kier alpha value is -2.28. The number of amides is 1. The molecule has 0 aromatic carbocycles. The first-order valence-electron chi connectivity index (χ1n) is 5.63. The zero-order valence-corrected chi connectivity index (χ0v) is 10.7. The molecule has 0 unspecified atom stereocenters. The van der Waals surface area contributed by atoms with Crippen LogP contribution in [0.1, 0.15) is 5.69 Å². The fraction of sp³-hybridized carbons (Fsp3) is 0.167. The van der Waals surface area contributed by atoms with Crippen molar-refractivity contribution in [1.82, 2.24) is 19.9 Å². The third kappa shape index (κ3) is 2.60. The van der Waals surface area contributed by atoms with Gasteiger partial charge in [-0.05, 0) is 6.08 Å². The van der Waals surface area contributed by atoms with E-state index in [1.54, 1.807) is 30.3 Å². The van der Waals surface area contributed by atoms with Gasteiger partial charge in [0.15, 0.2) is 0 Å². The van der Waals surface area contributed by atoms with E-state index in [0.717, 1.165) is 9.88 Å². The van der Waals surface area contributed by atoms with Gasteiger partial charge >= 0.3 is 6.09 Å². The minimum atomic E-state index is -0.402. The summed E-state index contributed by atoms with van der Waals surface area (Å²) in [5.74, 6) is 0. The molecule has 7 heteroatoms. The van der Waals surface area contributed by atoms with Crippen LogP contribution in [0.25, 0.3) is 12.3 Å². The highest BCUT2D eigenvalue weighted by Gasteiger charge is 2.14. The summed E-state index contributed by atoms with van der Waals surface area (Å²) in [5, 5.41) is 0.919. The topological polar surface area (TPSA) is 68.2 Å². The fourth-order valence-corrected chi connectivity index (χ4v) is 2.37. The van der Waals surface area contributed by atoms with Crippen molar-refractivity contribution in [2.45, 2.75) is 6.61 Å². The summed E-state index contributed by atoms with van der Waals surface area (Å²) in [7, 11) is 0. The van der Waals surface area contributed by atoms with Crippen molar-refractivity contribution >= 4 is 29.7 Å². The molecule has 0 spiro atoms. The lowest BCUT2D eigenvalue weighted by Crippen LogP contribution is -2.37. The van der Waals surface area contributed by atoms with E-state index in [9.17, 15) is 4.79 Å². The summed E-state index contributed by atoms with van der Waals surface area (Å²) < 4.78 is 6.14. The summed E-state index contributed by atoms with van der Waals surface area (Å²) in [6.45, 7) is 0.586. The Morgan fingerprint density at radius 1 is 1.42 bits per heavy atom. The Bertz CT molecular complexity index is 698. The highest BCUT2D eigenvalue weighted by Crippen LogP contribution is 2.02. The van der Waals surface area contributed by atoms with Crippen molar-refractivity contribution in [3.8, 4) is 0 Å². The van der Waals surface area contributed by atoms with Gasteiger partial charge in [-0.25, -0.2) is 9.78 Å². The molecule has 19 heavy (non-hydrogen) atoms. The number of aromatic nitrogens is 3. The van der Waals surface area contributed by atoms with Crippen molar-refractivity contribution in [3.05, 3.63) is 39.7 Å². The zero-order chi connectivity index (χ0) is 13.1. The van der Waals surface area contributed by atoms with Crippen LogP contribution in [-0.2, 0) is 11.3 Å². The molecule has 0 radical (unpaired) electrons. The van der Waals surface area contributed by atoms with Crippen LogP contribution < -0.4 is 9.88 Å². The van der Waals surface area contributed by atoms with E-state index in [1.807, 2.05) is 6.08 Å². The number of fused-ring (bicyclic) bond motifs is 1. The molecule has 2 aromatic rings. The molecule has 3 rings (SSSR count). The van der Waals surface area contributed by atoms with Gasteiger partial charge in [-0.1, -0.05) is 0 Å². The number of thiazole rings is 1. The molecular weight excluding hydrogens is 264 g/mol. The Balaban J connectivity index is 1.66. The summed E-state index contributed by atoms with van der Waals surface area (Å²) >= 11 is 1.49. The minimum absolute atomic E-state index is 0.118. The van der Waals surface area contributed by atoms with Crippen LogP contribution >= 0.6 is 11.3 Å². The maximum atomic E-state index is 11.9. The maximum Gasteiger partial charge on any atom is 0.414 e. The van der Waals surface area contributed by atoms with Gasteiger partial charge in [-0.2, -0.15) is 0 Å². The average Bonchev–Trinajstić information content (AvgIpc) is 2.93. The molecule has 1 aliphatic heterocycles. The van der Waals surface area contributed by atoms with Crippen molar-refractivity contribution in [3.63, 3.8) is 0 Å². The van der Waals surface area contributed by atoms with Crippen molar-refractivity contribution in [1.29, 1.82) is 0 Å². The summed E-state index contributed by atoms with van der Waals surface area (Å²) in [6, 6.07) is 0. The average molecular weight is 274 g/mol. The van der Waals surface area contributed by atoms with Crippen LogP contribution in [-0.4, -0.2) is 32.5 Å². The molecule has 0 N–H and O–H groups in total. The number of hydrogen-bond acceptors (Lipinski definition) is 6. The Morgan fingerprint density at radius 2 is 2.37 bits per heavy atom. The second-order valence-corrected chi connectivity index (χ2v) is 4.73. The van der Waals surface area contributed by atoms with Gasteiger partial charge < -0.3 is 4.74 Å². The number of rotatable bonds is 2. The summed E-state index contributed by atoms with van der Waals surface area (Å²) in [5.41, 5.74) is 2.38. The van der Waals surface area contributed by atoms with Crippen molar-refractivity contribution < 1.29 is 9.53 Å². The molecule has 3 heterocycles. The monoisotopic (exact) mass is 274 g/mol. The van der Waals surface area contributed by atoms with Gasteiger partial charge in [0.25, 0.3) is 0 Å². The number of carbonyl (C=O) groups excluding carboxylic acids is 1. The molecule has 2 aromatic heterocycles. The molecule has 96 valence electrons. The highest BCUT2D eigenvalue weighted by molar-refractivity contribution is 7.07. The number of carbonyl (C=O) groups is 1. The normalized spacial score (nSPS) is 13.2. The molecule has 6 nitrogen and oxygen atoms in total. The van der Waals surface area contributed by atoms with Gasteiger partial charge in [-0.15, -0.1) is 11.3 Å². The smallest absolute Gasteiger partial charge is 0.414 e. The first kappa shape index (κ1) is 11.8. The fourth-order valence-electron chi connectivity index (χ4n) is 1.64. The first-order valence-corrected chi connectivity index (χ1v) is 6.51. The van der Waals surface area contributed by atoms with E-state index in [1.165, 1.54) is 16.2 Å². The van der Waals surface area contributed by atoms with Crippen LogP contribution in [0.15, 0.2) is 24.1 Å². The lowest BCUT2D eigenvalue weighted by Gasteiger charge is -2.17. The second kappa shape index (κ2) is 5.15. The lowest BCUT2D eigenvalue weighted by molar-refractivity contribution is 0.116. The molecule has 0 atom stereocenters. The second-order valence-electron chi connectivity index (χ2n) is 3.84. The lowest BCUT2D eigenvalue weighted by atomic mass is 10.4. The van der Waals surface area contributed by atoms with Crippen molar-refractivity contribution in [2.24, 2.45) is 0 Å². The maximum absolute atomic E-state index is 11.9. The molecule has 0 aliphatic carbocycles. The third-order valence-electron chi connectivity index (χ3n) is 2.57. The van der Waals surface area contributed by atoms with Gasteiger partial charge in [0, 0.05) is 25.1 Å². The highest BCUT2D eigenvalue weighted by atomic mass is 32.1. The Labute approximate surface area is 112 Å².